The Kier molecular flexibility index (Phi) is 6.87. The summed E-state index contributed by atoms with van der Waals surface area (Å²) in [5.41, 5.74) is 4.41. The Morgan fingerprint density at radius 3 is 2.70 bits per heavy atom. The van der Waals surface area contributed by atoms with Gasteiger partial charge in [0.25, 0.3) is 0 Å². The average molecular weight is 513 g/mol. The van der Waals surface area contributed by atoms with E-state index in [2.05, 4.69) is 36.1 Å². The first-order valence-electron chi connectivity index (χ1n) is 12.1. The van der Waals surface area contributed by atoms with E-state index in [9.17, 15) is 4.79 Å². The number of anilines is 2. The number of nitrogens with one attached hydrogen (secondary N) is 2. The Balaban J connectivity index is 1.62. The van der Waals surface area contributed by atoms with Crippen LogP contribution >= 0.6 is 12.2 Å². The van der Waals surface area contributed by atoms with Gasteiger partial charge in [-0.2, -0.15) is 0 Å². The monoisotopic (exact) mass is 512 g/mol. The Morgan fingerprint density at radius 2 is 2.00 bits per heavy atom. The second-order valence-electron chi connectivity index (χ2n) is 8.78. The SMILES string of the molecule is CCC(=O)Nc1ccc(N2C(=S)N[C@@H](c3ccccn3)[C@@H]2c2cccn2-c2ccc(C)cn2)cc1OC. The van der Waals surface area contributed by atoms with Crippen molar-refractivity contribution in [2.24, 2.45) is 0 Å². The molecule has 1 aromatic carbocycles. The third-order valence-corrected chi connectivity index (χ3v) is 6.70. The molecule has 9 heteroatoms. The molecule has 0 bridgehead atoms. The molecule has 4 aromatic rings. The first-order chi connectivity index (χ1) is 18.0. The predicted octanol–water partition coefficient (Wildman–Crippen LogP) is 5.11. The van der Waals surface area contributed by atoms with Crippen molar-refractivity contribution in [1.29, 1.82) is 0 Å². The predicted molar refractivity (Wildman–Crippen MR) is 148 cm³/mol. The average Bonchev–Trinajstić information content (AvgIpc) is 3.54. The maximum Gasteiger partial charge on any atom is 0.224 e. The van der Waals surface area contributed by atoms with E-state index in [1.165, 1.54) is 0 Å². The minimum absolute atomic E-state index is 0.0825. The molecule has 37 heavy (non-hydrogen) atoms. The summed E-state index contributed by atoms with van der Waals surface area (Å²) in [5, 5.41) is 6.95. The second kappa shape index (κ2) is 10.4. The number of aromatic nitrogens is 3. The standard InChI is InChI=1S/C28H28N6O2S/c1-4-25(35)31-20-12-11-19(16-23(20)36-3)34-27(26(32-28(34)37)21-8-5-6-14-29-21)22-9-7-15-33(22)24-13-10-18(2)17-30-24/h5-17,26-27H,4H2,1-3H3,(H,31,35)(H,32,37)/t26-,27-/m0/s1. The van der Waals surface area contributed by atoms with Gasteiger partial charge in [0.15, 0.2) is 5.11 Å². The van der Waals surface area contributed by atoms with Crippen molar-refractivity contribution in [3.8, 4) is 11.6 Å². The summed E-state index contributed by atoms with van der Waals surface area (Å²) in [6, 6.07) is 19.2. The van der Waals surface area contributed by atoms with Crippen molar-refractivity contribution >= 4 is 34.6 Å². The van der Waals surface area contributed by atoms with E-state index in [0.29, 0.717) is 23.0 Å². The maximum atomic E-state index is 12.0. The molecule has 1 aliphatic heterocycles. The molecule has 3 aromatic heterocycles. The first kappa shape index (κ1) is 24.5. The number of pyridine rings is 2. The number of thiocarbonyl (C=S) groups is 1. The summed E-state index contributed by atoms with van der Waals surface area (Å²) < 4.78 is 7.71. The van der Waals surface area contributed by atoms with Gasteiger partial charge in [0.1, 0.15) is 17.6 Å². The van der Waals surface area contributed by atoms with Crippen LogP contribution in [0.1, 0.15) is 42.4 Å². The van der Waals surface area contributed by atoms with Crippen molar-refractivity contribution in [2.75, 3.05) is 17.3 Å². The summed E-state index contributed by atoms with van der Waals surface area (Å²) in [6.07, 6.45) is 6.03. The molecule has 1 amide bonds. The van der Waals surface area contributed by atoms with E-state index in [-0.39, 0.29) is 18.0 Å². The van der Waals surface area contributed by atoms with Crippen molar-refractivity contribution in [3.63, 3.8) is 0 Å². The second-order valence-corrected chi connectivity index (χ2v) is 9.17. The maximum absolute atomic E-state index is 12.0. The normalized spacial score (nSPS) is 16.9. The van der Waals surface area contributed by atoms with Crippen LogP contribution in [0.25, 0.3) is 5.82 Å². The van der Waals surface area contributed by atoms with E-state index >= 15 is 0 Å². The number of aryl methyl sites for hydroxylation is 1. The molecule has 0 aliphatic carbocycles. The van der Waals surface area contributed by atoms with Crippen LogP contribution in [-0.2, 0) is 4.79 Å². The van der Waals surface area contributed by atoms with E-state index < -0.39 is 0 Å². The number of methoxy groups -OCH3 is 1. The molecule has 1 fully saturated rings. The molecule has 1 aliphatic rings. The number of rotatable bonds is 7. The zero-order valence-corrected chi connectivity index (χ0v) is 21.7. The number of carbonyl (C=O) groups is 1. The van der Waals surface area contributed by atoms with Gasteiger partial charge in [-0.15, -0.1) is 0 Å². The molecule has 188 valence electrons. The molecule has 4 heterocycles. The third-order valence-electron chi connectivity index (χ3n) is 6.38. The molecule has 2 atom stereocenters. The minimum Gasteiger partial charge on any atom is -0.494 e. The highest BCUT2D eigenvalue weighted by atomic mass is 32.1. The number of carbonyl (C=O) groups excluding carboxylic acids is 1. The highest BCUT2D eigenvalue weighted by Crippen LogP contribution is 2.43. The van der Waals surface area contributed by atoms with Crippen molar-refractivity contribution in [3.05, 3.63) is 96.2 Å². The van der Waals surface area contributed by atoms with Gasteiger partial charge in [-0.05, 0) is 67.2 Å². The summed E-state index contributed by atoms with van der Waals surface area (Å²) in [7, 11) is 1.59. The molecule has 0 unspecified atom stereocenters. The fraction of sp³-hybridized carbons (Fsp3) is 0.214. The van der Waals surface area contributed by atoms with Gasteiger partial charge in [0, 0.05) is 42.5 Å². The van der Waals surface area contributed by atoms with Crippen molar-refractivity contribution < 1.29 is 9.53 Å². The highest BCUT2D eigenvalue weighted by molar-refractivity contribution is 7.80. The quantitative estimate of drug-likeness (QED) is 0.333. The minimum atomic E-state index is -0.235. The first-order valence-corrected chi connectivity index (χ1v) is 12.5. The number of amides is 1. The van der Waals surface area contributed by atoms with Crippen LogP contribution in [-0.4, -0.2) is 32.7 Å². The van der Waals surface area contributed by atoms with Crippen molar-refractivity contribution in [2.45, 2.75) is 32.4 Å². The van der Waals surface area contributed by atoms with Crippen LogP contribution in [0.4, 0.5) is 11.4 Å². The molecular weight excluding hydrogens is 484 g/mol. The summed E-state index contributed by atoms with van der Waals surface area (Å²) in [5.74, 6) is 1.29. The van der Waals surface area contributed by atoms with Crippen molar-refractivity contribution in [1.82, 2.24) is 19.9 Å². The summed E-state index contributed by atoms with van der Waals surface area (Å²) >= 11 is 5.88. The Hall–Kier alpha value is -4.24. The van der Waals surface area contributed by atoms with Gasteiger partial charge in [-0.1, -0.05) is 19.1 Å². The van der Waals surface area contributed by atoms with Crippen LogP contribution in [0.15, 0.2) is 79.3 Å². The summed E-state index contributed by atoms with van der Waals surface area (Å²) in [6.45, 7) is 3.83. The van der Waals surface area contributed by atoms with Gasteiger partial charge in [-0.25, -0.2) is 4.98 Å². The number of ether oxygens (including phenoxy) is 1. The van der Waals surface area contributed by atoms with Gasteiger partial charge in [-0.3, -0.25) is 9.78 Å². The molecule has 0 spiro atoms. The van der Waals surface area contributed by atoms with Gasteiger partial charge in [0.05, 0.1) is 24.5 Å². The number of hydrogen-bond acceptors (Lipinski definition) is 5. The smallest absolute Gasteiger partial charge is 0.224 e. The van der Waals surface area contributed by atoms with Gasteiger partial charge < -0.3 is 24.8 Å². The molecule has 5 rings (SSSR count). The lowest BCUT2D eigenvalue weighted by Gasteiger charge is -2.29. The number of hydrogen-bond donors (Lipinski definition) is 2. The molecule has 1 saturated heterocycles. The van der Waals surface area contributed by atoms with Crippen LogP contribution in [0, 0.1) is 6.92 Å². The van der Waals surface area contributed by atoms with Crippen LogP contribution in [0.3, 0.4) is 0 Å². The van der Waals surface area contributed by atoms with E-state index in [1.807, 2.05) is 80.8 Å². The fourth-order valence-electron chi connectivity index (χ4n) is 4.55. The lowest BCUT2D eigenvalue weighted by Crippen LogP contribution is -2.30. The van der Waals surface area contributed by atoms with Crippen LogP contribution in [0.5, 0.6) is 5.75 Å². The van der Waals surface area contributed by atoms with Crippen LogP contribution in [0.2, 0.25) is 0 Å². The Labute approximate surface area is 221 Å². The van der Waals surface area contributed by atoms with E-state index in [4.69, 9.17) is 17.0 Å². The largest absolute Gasteiger partial charge is 0.494 e. The Morgan fingerprint density at radius 1 is 1.14 bits per heavy atom. The molecule has 2 N–H and O–H groups in total. The molecule has 8 nitrogen and oxygen atoms in total. The molecule has 0 saturated carbocycles. The summed E-state index contributed by atoms with van der Waals surface area (Å²) in [4.78, 5) is 23.4. The van der Waals surface area contributed by atoms with E-state index in [0.717, 1.165) is 28.5 Å². The highest BCUT2D eigenvalue weighted by Gasteiger charge is 2.42. The van der Waals surface area contributed by atoms with E-state index in [1.54, 1.807) is 13.3 Å². The fourth-order valence-corrected chi connectivity index (χ4v) is 4.90. The van der Waals surface area contributed by atoms with Crippen LogP contribution < -0.4 is 20.3 Å². The molecule has 0 radical (unpaired) electrons. The zero-order valence-electron chi connectivity index (χ0n) is 20.9. The lowest BCUT2D eigenvalue weighted by molar-refractivity contribution is -0.115. The van der Waals surface area contributed by atoms with Gasteiger partial charge >= 0.3 is 0 Å². The number of nitrogens with zero attached hydrogens (tertiary/aromatic N) is 4. The number of benzene rings is 1. The molecular formula is C28H28N6O2S. The van der Waals surface area contributed by atoms with Gasteiger partial charge in [0.2, 0.25) is 5.91 Å². The third kappa shape index (κ3) is 4.77. The lowest BCUT2D eigenvalue weighted by atomic mass is 10.0. The topological polar surface area (TPSA) is 84.3 Å². The Bertz CT molecular complexity index is 1420. The zero-order chi connectivity index (χ0) is 25.9.